The Labute approximate surface area is 378 Å². The van der Waals surface area contributed by atoms with Crippen LogP contribution in [0.15, 0.2) is 48.6 Å². The van der Waals surface area contributed by atoms with Crippen molar-refractivity contribution in [1.82, 2.24) is 5.32 Å². The van der Waals surface area contributed by atoms with Crippen molar-refractivity contribution < 1.29 is 32.9 Å². The predicted octanol–water partition coefficient (Wildman–Crippen LogP) is 14.2. The van der Waals surface area contributed by atoms with Crippen molar-refractivity contribution in [2.75, 3.05) is 40.9 Å². The van der Waals surface area contributed by atoms with Gasteiger partial charge < -0.3 is 28.8 Å². The number of phosphoric acid groups is 1. The molecule has 0 aliphatic heterocycles. The van der Waals surface area contributed by atoms with Gasteiger partial charge in [0.15, 0.2) is 0 Å². The van der Waals surface area contributed by atoms with Gasteiger partial charge in [-0.25, -0.2) is 0 Å². The third-order valence-electron chi connectivity index (χ3n) is 11.2. The summed E-state index contributed by atoms with van der Waals surface area (Å²) in [4.78, 5) is 25.4. The van der Waals surface area contributed by atoms with E-state index in [1.165, 1.54) is 161 Å². The van der Waals surface area contributed by atoms with Crippen LogP contribution in [0.2, 0.25) is 0 Å². The number of carbonyl (C=O) groups excluding carboxylic acids is 1. The van der Waals surface area contributed by atoms with Crippen LogP contribution in [0.5, 0.6) is 0 Å². The number of rotatable bonds is 46. The van der Waals surface area contributed by atoms with Crippen LogP contribution in [0.1, 0.15) is 226 Å². The van der Waals surface area contributed by atoms with Crippen molar-refractivity contribution >= 4 is 13.7 Å². The summed E-state index contributed by atoms with van der Waals surface area (Å²) in [6.45, 7) is 4.61. The number of unbranched alkanes of at least 4 members (excludes halogenated alkanes) is 27. The van der Waals surface area contributed by atoms with Crippen LogP contribution in [-0.2, 0) is 18.4 Å². The van der Waals surface area contributed by atoms with Crippen LogP contribution in [-0.4, -0.2) is 68.5 Å². The second-order valence-corrected chi connectivity index (χ2v) is 19.9. The maximum absolute atomic E-state index is 12.9. The van der Waals surface area contributed by atoms with E-state index in [2.05, 4.69) is 55.6 Å². The zero-order valence-corrected chi connectivity index (χ0v) is 41.5. The minimum atomic E-state index is -4.60. The maximum atomic E-state index is 12.9. The standard InChI is InChI=1S/C52H99N2O6P/c1-6-8-10-12-14-16-18-20-22-24-25-26-27-28-29-30-32-34-36-38-40-42-44-46-52(56)53-50(49-60-61(57,58)59-48-47-54(3,4)5)51(55)45-43-41-39-37-35-33-31-23-21-19-17-15-13-11-9-7-2/h21,23-25,35,37,43,45,50-51,55H,6-20,22,26-34,36,38-42,44,46-49H2,1-5H3,(H-,53,56,57,58)/b23-21+,25-24-,37-35+,45-43+. The highest BCUT2D eigenvalue weighted by Crippen LogP contribution is 2.38. The number of aliphatic hydroxyl groups excluding tert-OH is 1. The van der Waals surface area contributed by atoms with E-state index in [1.54, 1.807) is 6.08 Å². The van der Waals surface area contributed by atoms with E-state index in [0.717, 1.165) is 44.9 Å². The second kappa shape index (κ2) is 43.7. The second-order valence-electron chi connectivity index (χ2n) is 18.5. The molecule has 0 bridgehead atoms. The third-order valence-corrected chi connectivity index (χ3v) is 12.2. The van der Waals surface area contributed by atoms with E-state index in [0.29, 0.717) is 17.4 Å². The highest BCUT2D eigenvalue weighted by atomic mass is 31.2. The van der Waals surface area contributed by atoms with Crippen LogP contribution in [0, 0.1) is 0 Å². The molecule has 0 spiro atoms. The normalized spacial score (nSPS) is 14.5. The van der Waals surface area contributed by atoms with E-state index in [-0.39, 0.29) is 12.5 Å². The number of phosphoric ester groups is 1. The molecule has 0 saturated heterocycles. The Bertz CT molecular complexity index is 1130. The first-order valence-corrected chi connectivity index (χ1v) is 27.0. The molecular formula is C52H99N2O6P. The summed E-state index contributed by atoms with van der Waals surface area (Å²) in [5.41, 5.74) is 0. The highest BCUT2D eigenvalue weighted by molar-refractivity contribution is 7.45. The molecule has 3 unspecified atom stereocenters. The molecule has 3 atom stereocenters. The van der Waals surface area contributed by atoms with Gasteiger partial charge in [-0.1, -0.05) is 197 Å². The summed E-state index contributed by atoms with van der Waals surface area (Å²) in [5.74, 6) is -0.212. The van der Waals surface area contributed by atoms with Crippen molar-refractivity contribution in [3.05, 3.63) is 48.6 Å². The Balaban J connectivity index is 4.33. The van der Waals surface area contributed by atoms with Gasteiger partial charge in [0, 0.05) is 6.42 Å². The molecule has 8 nitrogen and oxygen atoms in total. The number of nitrogens with zero attached hydrogens (tertiary/aromatic N) is 1. The van der Waals surface area contributed by atoms with Crippen LogP contribution in [0.25, 0.3) is 0 Å². The van der Waals surface area contributed by atoms with Gasteiger partial charge in [0.05, 0.1) is 39.9 Å². The molecule has 0 fully saturated rings. The van der Waals surface area contributed by atoms with Gasteiger partial charge in [0.25, 0.3) is 7.82 Å². The van der Waals surface area contributed by atoms with Crippen molar-refractivity contribution in [2.45, 2.75) is 238 Å². The lowest BCUT2D eigenvalue weighted by Gasteiger charge is -2.29. The van der Waals surface area contributed by atoms with Crippen LogP contribution < -0.4 is 10.2 Å². The zero-order valence-electron chi connectivity index (χ0n) is 40.6. The number of amides is 1. The molecule has 0 aliphatic carbocycles. The van der Waals surface area contributed by atoms with Gasteiger partial charge in [-0.3, -0.25) is 9.36 Å². The Kier molecular flexibility index (Phi) is 42.6. The Hall–Kier alpha value is -1.54. The number of likely N-dealkylation sites (N-methyl/N-ethyl adjacent to an activating group) is 1. The molecule has 0 saturated carbocycles. The van der Waals surface area contributed by atoms with E-state index in [4.69, 9.17) is 9.05 Å². The van der Waals surface area contributed by atoms with E-state index >= 15 is 0 Å². The Morgan fingerprint density at radius 2 is 0.918 bits per heavy atom. The molecule has 0 aromatic carbocycles. The first kappa shape index (κ1) is 59.5. The number of allylic oxidation sites excluding steroid dienone is 7. The van der Waals surface area contributed by atoms with Gasteiger partial charge in [0.1, 0.15) is 13.2 Å². The first-order chi connectivity index (χ1) is 29.5. The molecule has 0 aliphatic rings. The molecule has 0 radical (unpaired) electrons. The largest absolute Gasteiger partial charge is 0.756 e. The quantitative estimate of drug-likeness (QED) is 0.0273. The number of aliphatic hydroxyl groups is 1. The van der Waals surface area contributed by atoms with Gasteiger partial charge in [0.2, 0.25) is 5.91 Å². The fraction of sp³-hybridized carbons (Fsp3) is 0.827. The number of carbonyl (C=O) groups is 1. The molecule has 61 heavy (non-hydrogen) atoms. The molecule has 2 N–H and O–H groups in total. The highest BCUT2D eigenvalue weighted by Gasteiger charge is 2.23. The molecule has 9 heteroatoms. The van der Waals surface area contributed by atoms with Gasteiger partial charge in [-0.05, 0) is 70.6 Å². The van der Waals surface area contributed by atoms with E-state index in [1.807, 2.05) is 27.2 Å². The van der Waals surface area contributed by atoms with Crippen molar-refractivity contribution in [3.8, 4) is 0 Å². The lowest BCUT2D eigenvalue weighted by atomic mass is 10.0. The van der Waals surface area contributed by atoms with Gasteiger partial charge in [-0.15, -0.1) is 0 Å². The number of quaternary nitrogens is 1. The molecule has 0 rings (SSSR count). The van der Waals surface area contributed by atoms with Gasteiger partial charge >= 0.3 is 0 Å². The molecule has 358 valence electrons. The average molecular weight is 879 g/mol. The van der Waals surface area contributed by atoms with E-state index in [9.17, 15) is 19.4 Å². The minimum Gasteiger partial charge on any atom is -0.756 e. The summed E-state index contributed by atoms with van der Waals surface area (Å²) >= 11 is 0. The molecule has 0 aromatic heterocycles. The molecule has 0 heterocycles. The molecular weight excluding hydrogens is 780 g/mol. The summed E-state index contributed by atoms with van der Waals surface area (Å²) in [5, 5.41) is 13.8. The maximum Gasteiger partial charge on any atom is 0.268 e. The minimum absolute atomic E-state index is 0.00962. The van der Waals surface area contributed by atoms with Gasteiger partial charge in [-0.2, -0.15) is 0 Å². The fourth-order valence-electron chi connectivity index (χ4n) is 7.18. The van der Waals surface area contributed by atoms with Crippen molar-refractivity contribution in [2.24, 2.45) is 0 Å². The smallest absolute Gasteiger partial charge is 0.268 e. The van der Waals surface area contributed by atoms with Crippen molar-refractivity contribution in [3.63, 3.8) is 0 Å². The Morgan fingerprint density at radius 3 is 1.33 bits per heavy atom. The lowest BCUT2D eigenvalue weighted by molar-refractivity contribution is -0.870. The molecule has 1 amide bonds. The van der Waals surface area contributed by atoms with Crippen molar-refractivity contribution in [1.29, 1.82) is 0 Å². The third kappa shape index (κ3) is 46.3. The number of nitrogens with one attached hydrogen (secondary N) is 1. The lowest BCUT2D eigenvalue weighted by Crippen LogP contribution is -2.45. The summed E-state index contributed by atoms with van der Waals surface area (Å²) in [6, 6.07) is -0.910. The average Bonchev–Trinajstić information content (AvgIpc) is 3.21. The fourth-order valence-corrected chi connectivity index (χ4v) is 7.90. The number of hydrogen-bond acceptors (Lipinski definition) is 6. The van der Waals surface area contributed by atoms with Crippen LogP contribution in [0.3, 0.4) is 0 Å². The Morgan fingerprint density at radius 1 is 0.557 bits per heavy atom. The van der Waals surface area contributed by atoms with Crippen LogP contribution >= 0.6 is 7.82 Å². The number of hydrogen-bond donors (Lipinski definition) is 2. The first-order valence-electron chi connectivity index (χ1n) is 25.5. The molecule has 0 aromatic rings. The summed E-state index contributed by atoms with van der Waals surface area (Å²) in [6.07, 6.45) is 56.0. The summed E-state index contributed by atoms with van der Waals surface area (Å²) < 4.78 is 23.2. The summed E-state index contributed by atoms with van der Waals surface area (Å²) in [7, 11) is 1.23. The van der Waals surface area contributed by atoms with Crippen LogP contribution in [0.4, 0.5) is 0 Å². The SMILES string of the molecule is CCCCCCCC/C=C/CC/C=C/CC/C=C/C(O)C(COP(=O)([O-])OCC[N+](C)(C)C)NC(=O)CCCCCCCCCCCCC/C=C\CCCCCCCCCC. The zero-order chi connectivity index (χ0) is 45.0. The topological polar surface area (TPSA) is 108 Å². The monoisotopic (exact) mass is 879 g/mol. The van der Waals surface area contributed by atoms with E-state index < -0.39 is 26.6 Å². The predicted molar refractivity (Wildman–Crippen MR) is 261 cm³/mol.